The third-order valence-electron chi connectivity index (χ3n) is 2.70. The normalized spacial score (nSPS) is 10.4. The Kier molecular flexibility index (Phi) is 3.01. The van der Waals surface area contributed by atoms with Crippen molar-refractivity contribution < 1.29 is 14.6 Å². The predicted molar refractivity (Wildman–Crippen MR) is 67.8 cm³/mol. The number of phenolic OH excluding ortho intramolecular Hbond substituents is 1. The molecule has 0 unspecified atom stereocenters. The molecular formula is C12H15N3O3. The molecule has 0 saturated carbocycles. The highest BCUT2D eigenvalue weighted by molar-refractivity contribution is 5.78. The fourth-order valence-corrected chi connectivity index (χ4v) is 1.77. The van der Waals surface area contributed by atoms with E-state index in [9.17, 15) is 5.11 Å². The second kappa shape index (κ2) is 4.48. The Hall–Kier alpha value is -2.37. The summed E-state index contributed by atoms with van der Waals surface area (Å²) in [5, 5.41) is 14.2. The van der Waals surface area contributed by atoms with E-state index in [-0.39, 0.29) is 5.75 Å². The molecule has 0 aliphatic heterocycles. The second-order valence-electron chi connectivity index (χ2n) is 3.77. The number of methoxy groups -OCH3 is 2. The SMILES string of the molecule is COc1ccc(O)c(-c2cc(N)n(C)n2)c1OC. The summed E-state index contributed by atoms with van der Waals surface area (Å²) in [4.78, 5) is 0. The van der Waals surface area contributed by atoms with E-state index in [1.54, 1.807) is 19.2 Å². The Morgan fingerprint density at radius 1 is 1.28 bits per heavy atom. The molecule has 0 bridgehead atoms. The lowest BCUT2D eigenvalue weighted by Crippen LogP contribution is -1.97. The van der Waals surface area contributed by atoms with Crippen LogP contribution in [0.4, 0.5) is 5.82 Å². The molecule has 0 fully saturated rings. The highest BCUT2D eigenvalue weighted by Crippen LogP contribution is 2.43. The third kappa shape index (κ3) is 1.81. The molecule has 3 N–H and O–H groups in total. The van der Waals surface area contributed by atoms with Gasteiger partial charge >= 0.3 is 0 Å². The number of nitrogens with two attached hydrogens (primary N) is 1. The lowest BCUT2D eigenvalue weighted by atomic mass is 10.1. The number of aryl methyl sites for hydroxylation is 1. The molecule has 1 aromatic heterocycles. The van der Waals surface area contributed by atoms with Crippen LogP contribution in [0.1, 0.15) is 0 Å². The summed E-state index contributed by atoms with van der Waals surface area (Å²) < 4.78 is 12.0. The number of hydrogen-bond acceptors (Lipinski definition) is 5. The van der Waals surface area contributed by atoms with Crippen molar-refractivity contribution in [2.75, 3.05) is 20.0 Å². The number of benzene rings is 1. The fourth-order valence-electron chi connectivity index (χ4n) is 1.77. The van der Waals surface area contributed by atoms with Crippen molar-refractivity contribution in [1.82, 2.24) is 9.78 Å². The first-order chi connectivity index (χ1) is 8.58. The van der Waals surface area contributed by atoms with Crippen LogP contribution in [-0.2, 0) is 7.05 Å². The van der Waals surface area contributed by atoms with Crippen molar-refractivity contribution in [3.8, 4) is 28.5 Å². The summed E-state index contributed by atoms with van der Waals surface area (Å²) in [6, 6.07) is 4.82. The minimum absolute atomic E-state index is 0.0609. The Balaban J connectivity index is 2.68. The average molecular weight is 249 g/mol. The molecule has 2 aromatic rings. The number of nitrogen functional groups attached to an aromatic ring is 1. The summed E-state index contributed by atoms with van der Waals surface area (Å²) in [5.74, 6) is 1.50. The quantitative estimate of drug-likeness (QED) is 0.859. The van der Waals surface area contributed by atoms with E-state index < -0.39 is 0 Å². The molecule has 0 aliphatic carbocycles. The zero-order valence-corrected chi connectivity index (χ0v) is 10.5. The largest absolute Gasteiger partial charge is 0.507 e. The van der Waals surface area contributed by atoms with Gasteiger partial charge in [-0.1, -0.05) is 0 Å². The first-order valence-corrected chi connectivity index (χ1v) is 5.32. The van der Waals surface area contributed by atoms with Gasteiger partial charge in [-0.25, -0.2) is 0 Å². The number of aromatic nitrogens is 2. The van der Waals surface area contributed by atoms with E-state index in [4.69, 9.17) is 15.2 Å². The first kappa shape index (κ1) is 12.1. The molecule has 18 heavy (non-hydrogen) atoms. The van der Waals surface area contributed by atoms with Crippen LogP contribution in [0.3, 0.4) is 0 Å². The molecule has 0 amide bonds. The van der Waals surface area contributed by atoms with E-state index in [1.165, 1.54) is 25.0 Å². The Labute approximate surface area is 105 Å². The molecule has 2 rings (SSSR count). The Morgan fingerprint density at radius 2 is 2.00 bits per heavy atom. The topological polar surface area (TPSA) is 82.5 Å². The van der Waals surface area contributed by atoms with Gasteiger partial charge < -0.3 is 20.3 Å². The number of hydrogen-bond donors (Lipinski definition) is 2. The van der Waals surface area contributed by atoms with Crippen LogP contribution in [0, 0.1) is 0 Å². The molecule has 0 spiro atoms. The summed E-state index contributed by atoms with van der Waals surface area (Å²) in [7, 11) is 4.76. The minimum Gasteiger partial charge on any atom is -0.507 e. The molecule has 0 atom stereocenters. The second-order valence-corrected chi connectivity index (χ2v) is 3.77. The van der Waals surface area contributed by atoms with Crippen LogP contribution in [0.25, 0.3) is 11.3 Å². The van der Waals surface area contributed by atoms with E-state index in [0.717, 1.165) is 0 Å². The van der Waals surface area contributed by atoms with E-state index in [1.807, 2.05) is 0 Å². The number of anilines is 1. The van der Waals surface area contributed by atoms with Gasteiger partial charge in [0, 0.05) is 13.1 Å². The highest BCUT2D eigenvalue weighted by Gasteiger charge is 2.19. The molecule has 0 aliphatic rings. The molecule has 1 heterocycles. The molecule has 96 valence electrons. The van der Waals surface area contributed by atoms with Gasteiger partial charge in [0.2, 0.25) is 0 Å². The van der Waals surface area contributed by atoms with E-state index in [2.05, 4.69) is 5.10 Å². The summed E-state index contributed by atoms with van der Waals surface area (Å²) in [5.41, 5.74) is 6.73. The van der Waals surface area contributed by atoms with Gasteiger partial charge in [-0.05, 0) is 12.1 Å². The zero-order chi connectivity index (χ0) is 13.3. The van der Waals surface area contributed by atoms with Crippen molar-refractivity contribution >= 4 is 5.82 Å². The van der Waals surface area contributed by atoms with Crippen LogP contribution in [-0.4, -0.2) is 29.1 Å². The monoisotopic (exact) mass is 249 g/mol. The van der Waals surface area contributed by atoms with Crippen molar-refractivity contribution in [2.24, 2.45) is 7.05 Å². The van der Waals surface area contributed by atoms with Crippen LogP contribution in [0.5, 0.6) is 17.2 Å². The first-order valence-electron chi connectivity index (χ1n) is 5.32. The van der Waals surface area contributed by atoms with Gasteiger partial charge in [-0.15, -0.1) is 0 Å². The van der Waals surface area contributed by atoms with Crippen molar-refractivity contribution in [3.63, 3.8) is 0 Å². The maximum absolute atomic E-state index is 9.97. The summed E-state index contributed by atoms with van der Waals surface area (Å²) in [6.07, 6.45) is 0. The summed E-state index contributed by atoms with van der Waals surface area (Å²) >= 11 is 0. The molecule has 1 aromatic carbocycles. The van der Waals surface area contributed by atoms with Gasteiger partial charge in [0.15, 0.2) is 11.5 Å². The predicted octanol–water partition coefficient (Wildman–Crippen LogP) is 1.39. The average Bonchev–Trinajstić information content (AvgIpc) is 2.68. The van der Waals surface area contributed by atoms with Crippen LogP contribution < -0.4 is 15.2 Å². The van der Waals surface area contributed by atoms with Gasteiger partial charge in [-0.3, -0.25) is 4.68 Å². The van der Waals surface area contributed by atoms with Gasteiger partial charge in [-0.2, -0.15) is 5.10 Å². The fraction of sp³-hybridized carbons (Fsp3) is 0.250. The molecule has 0 radical (unpaired) electrons. The van der Waals surface area contributed by atoms with Gasteiger partial charge in [0.05, 0.1) is 19.8 Å². The highest BCUT2D eigenvalue weighted by atomic mass is 16.5. The zero-order valence-electron chi connectivity index (χ0n) is 10.5. The van der Waals surface area contributed by atoms with Crippen LogP contribution in [0.15, 0.2) is 18.2 Å². The molecular weight excluding hydrogens is 234 g/mol. The number of phenols is 1. The smallest absolute Gasteiger partial charge is 0.173 e. The van der Waals surface area contributed by atoms with Crippen molar-refractivity contribution in [1.29, 1.82) is 0 Å². The Morgan fingerprint density at radius 3 is 2.50 bits per heavy atom. The standard InChI is InChI=1S/C12H15N3O3/c1-15-10(13)6-7(14-15)11-8(16)4-5-9(17-2)12(11)18-3/h4-6,16H,13H2,1-3H3. The summed E-state index contributed by atoms with van der Waals surface area (Å²) in [6.45, 7) is 0. The maximum Gasteiger partial charge on any atom is 0.173 e. The Bertz CT molecular complexity index is 559. The van der Waals surface area contributed by atoms with Crippen LogP contribution >= 0.6 is 0 Å². The van der Waals surface area contributed by atoms with E-state index >= 15 is 0 Å². The van der Waals surface area contributed by atoms with Crippen LogP contribution in [0.2, 0.25) is 0 Å². The molecule has 0 saturated heterocycles. The number of ether oxygens (including phenoxy) is 2. The van der Waals surface area contributed by atoms with Crippen molar-refractivity contribution in [3.05, 3.63) is 18.2 Å². The minimum atomic E-state index is 0.0609. The third-order valence-corrected chi connectivity index (χ3v) is 2.70. The maximum atomic E-state index is 9.97. The van der Waals surface area contributed by atoms with Gasteiger partial charge in [0.1, 0.15) is 17.3 Å². The lowest BCUT2D eigenvalue weighted by Gasteiger charge is -2.12. The number of nitrogens with zero attached hydrogens (tertiary/aromatic N) is 2. The number of aromatic hydroxyl groups is 1. The molecule has 6 nitrogen and oxygen atoms in total. The lowest BCUT2D eigenvalue weighted by molar-refractivity contribution is 0.353. The van der Waals surface area contributed by atoms with E-state index in [0.29, 0.717) is 28.6 Å². The number of rotatable bonds is 3. The van der Waals surface area contributed by atoms with Gasteiger partial charge in [0.25, 0.3) is 0 Å². The van der Waals surface area contributed by atoms with Crippen molar-refractivity contribution in [2.45, 2.75) is 0 Å². The molecule has 6 heteroatoms.